The molecule has 1 saturated heterocycles. The number of hydrogen-bond acceptors (Lipinski definition) is 3. The van der Waals surface area contributed by atoms with Crippen LogP contribution in [0.4, 0.5) is 0 Å². The summed E-state index contributed by atoms with van der Waals surface area (Å²) < 4.78 is 0. The van der Waals surface area contributed by atoms with E-state index in [1.165, 1.54) is 0 Å². The van der Waals surface area contributed by atoms with Crippen LogP contribution in [0.3, 0.4) is 0 Å². The predicted molar refractivity (Wildman–Crippen MR) is 61.4 cm³/mol. The van der Waals surface area contributed by atoms with Crippen molar-refractivity contribution in [3.05, 3.63) is 23.5 Å². The maximum absolute atomic E-state index is 12.2. The highest BCUT2D eigenvalue weighted by atomic mass is 32.2. The second-order valence-corrected chi connectivity index (χ2v) is 5.36. The zero-order valence-electron chi connectivity index (χ0n) is 8.90. The lowest BCUT2D eigenvalue weighted by molar-refractivity contribution is -0.118. The number of hydrogen-bond donors (Lipinski definition) is 1. The highest BCUT2D eigenvalue weighted by Gasteiger charge is 2.44. The summed E-state index contributed by atoms with van der Waals surface area (Å²) in [5, 5.41) is -0.283. The zero-order valence-corrected chi connectivity index (χ0v) is 9.71. The zero-order chi connectivity index (χ0) is 11.3. The van der Waals surface area contributed by atoms with Gasteiger partial charge < -0.3 is 9.88 Å². The number of Topliss-reactive ketones (excluding diaryl/α,β-unsaturated/α-hetero) is 1. The fourth-order valence-electron chi connectivity index (χ4n) is 2.45. The van der Waals surface area contributed by atoms with E-state index in [4.69, 9.17) is 0 Å². The molecular formula is C11H12N2O2S. The van der Waals surface area contributed by atoms with Gasteiger partial charge in [-0.15, -0.1) is 11.8 Å². The van der Waals surface area contributed by atoms with Crippen molar-refractivity contribution in [1.82, 2.24) is 9.88 Å². The summed E-state index contributed by atoms with van der Waals surface area (Å²) in [6.07, 6.45) is 2.65. The first-order chi connectivity index (χ1) is 7.68. The van der Waals surface area contributed by atoms with Gasteiger partial charge >= 0.3 is 0 Å². The highest BCUT2D eigenvalue weighted by molar-refractivity contribution is 8.00. The summed E-state index contributed by atoms with van der Waals surface area (Å²) >= 11 is 1.58. The molecule has 0 spiro atoms. The van der Waals surface area contributed by atoms with Gasteiger partial charge in [0.1, 0.15) is 11.1 Å². The average molecular weight is 236 g/mol. The molecule has 2 aliphatic rings. The lowest BCUT2D eigenvalue weighted by Gasteiger charge is -2.31. The van der Waals surface area contributed by atoms with E-state index in [-0.39, 0.29) is 23.1 Å². The minimum absolute atomic E-state index is 0.0264. The molecule has 0 aromatic carbocycles. The van der Waals surface area contributed by atoms with E-state index in [9.17, 15) is 9.59 Å². The molecule has 0 radical (unpaired) electrons. The Hall–Kier alpha value is -1.23. The van der Waals surface area contributed by atoms with Crippen LogP contribution in [0.1, 0.15) is 23.0 Å². The lowest BCUT2D eigenvalue weighted by atomic mass is 10.00. The lowest BCUT2D eigenvalue weighted by Crippen LogP contribution is -2.48. The minimum atomic E-state index is -0.283. The number of aromatic nitrogens is 1. The first-order valence-corrected chi connectivity index (χ1v) is 6.34. The van der Waals surface area contributed by atoms with Crippen LogP contribution in [0.5, 0.6) is 0 Å². The van der Waals surface area contributed by atoms with Crippen molar-refractivity contribution in [1.29, 1.82) is 0 Å². The Morgan fingerprint density at radius 3 is 3.19 bits per heavy atom. The van der Waals surface area contributed by atoms with Gasteiger partial charge in [-0.1, -0.05) is 0 Å². The Labute approximate surface area is 97.4 Å². The maximum Gasteiger partial charge on any atom is 0.272 e. The molecule has 0 aliphatic carbocycles. The SMILES string of the molecule is CC(=O)C1SCC2Cc3cc[nH]c3C(=O)N21. The van der Waals surface area contributed by atoms with Crippen molar-refractivity contribution in [2.75, 3.05) is 5.75 Å². The number of carbonyl (C=O) groups excluding carboxylic acids is 2. The fourth-order valence-corrected chi connectivity index (χ4v) is 3.80. The molecule has 1 fully saturated rings. The van der Waals surface area contributed by atoms with Crippen LogP contribution >= 0.6 is 11.8 Å². The van der Waals surface area contributed by atoms with Gasteiger partial charge in [0.15, 0.2) is 5.78 Å². The number of rotatable bonds is 1. The number of carbonyl (C=O) groups is 2. The third kappa shape index (κ3) is 1.24. The average Bonchev–Trinajstić information content (AvgIpc) is 2.83. The van der Waals surface area contributed by atoms with Crippen molar-refractivity contribution in [2.45, 2.75) is 24.8 Å². The number of amides is 1. The van der Waals surface area contributed by atoms with E-state index < -0.39 is 0 Å². The molecule has 1 amide bonds. The highest BCUT2D eigenvalue weighted by Crippen LogP contribution is 2.36. The summed E-state index contributed by atoms with van der Waals surface area (Å²) in [5.74, 6) is 0.901. The smallest absolute Gasteiger partial charge is 0.272 e. The molecule has 0 saturated carbocycles. The Bertz CT molecular complexity index is 468. The van der Waals surface area contributed by atoms with Crippen LogP contribution < -0.4 is 0 Å². The van der Waals surface area contributed by atoms with E-state index in [0.29, 0.717) is 5.69 Å². The molecule has 16 heavy (non-hydrogen) atoms. The van der Waals surface area contributed by atoms with Crippen LogP contribution in [0.15, 0.2) is 12.3 Å². The summed E-state index contributed by atoms with van der Waals surface area (Å²) in [6, 6.07) is 2.14. The quantitative estimate of drug-likeness (QED) is 0.792. The molecule has 2 unspecified atom stereocenters. The molecule has 1 N–H and O–H groups in total. The topological polar surface area (TPSA) is 53.2 Å². The molecule has 2 atom stereocenters. The molecule has 3 rings (SSSR count). The molecule has 84 valence electrons. The van der Waals surface area contributed by atoms with Crippen LogP contribution in [-0.4, -0.2) is 38.7 Å². The summed E-state index contributed by atoms with van der Waals surface area (Å²) in [5.41, 5.74) is 1.74. The van der Waals surface area contributed by atoms with Crippen molar-refractivity contribution in [3.63, 3.8) is 0 Å². The third-order valence-corrected chi connectivity index (χ3v) is 4.63. The molecular weight excluding hydrogens is 224 g/mol. The van der Waals surface area contributed by atoms with Crippen LogP contribution in [0, 0.1) is 0 Å². The van der Waals surface area contributed by atoms with E-state index in [0.717, 1.165) is 17.7 Å². The van der Waals surface area contributed by atoms with Gasteiger partial charge in [-0.05, 0) is 25.0 Å². The number of H-pyrrole nitrogens is 1. The van der Waals surface area contributed by atoms with Crippen LogP contribution in [0.25, 0.3) is 0 Å². The van der Waals surface area contributed by atoms with Gasteiger partial charge in [-0.3, -0.25) is 9.59 Å². The predicted octanol–water partition coefficient (Wildman–Crippen LogP) is 1.04. The molecule has 4 nitrogen and oxygen atoms in total. The standard InChI is InChI=1S/C11H12N2O2S/c1-6(14)11-13-8(5-16-11)4-7-2-3-12-9(7)10(13)15/h2-3,8,11-12H,4-5H2,1H3. The van der Waals surface area contributed by atoms with Crippen molar-refractivity contribution >= 4 is 23.5 Å². The van der Waals surface area contributed by atoms with Crippen molar-refractivity contribution in [3.8, 4) is 0 Å². The number of ketones is 1. The van der Waals surface area contributed by atoms with Gasteiger partial charge in [0.2, 0.25) is 0 Å². The summed E-state index contributed by atoms with van der Waals surface area (Å²) in [7, 11) is 0. The molecule has 1 aromatic rings. The minimum Gasteiger partial charge on any atom is -0.357 e. The number of nitrogens with zero attached hydrogens (tertiary/aromatic N) is 1. The molecule has 5 heteroatoms. The van der Waals surface area contributed by atoms with E-state index >= 15 is 0 Å². The van der Waals surface area contributed by atoms with Gasteiger partial charge in [-0.25, -0.2) is 0 Å². The third-order valence-electron chi connectivity index (χ3n) is 3.18. The molecule has 2 aliphatic heterocycles. The van der Waals surface area contributed by atoms with Gasteiger partial charge in [0, 0.05) is 18.0 Å². The first kappa shape index (κ1) is 9.96. The largest absolute Gasteiger partial charge is 0.357 e. The molecule has 3 heterocycles. The Morgan fingerprint density at radius 1 is 1.62 bits per heavy atom. The molecule has 0 bridgehead atoms. The normalized spacial score (nSPS) is 27.8. The Kier molecular flexibility index (Phi) is 2.10. The van der Waals surface area contributed by atoms with E-state index in [2.05, 4.69) is 4.98 Å². The van der Waals surface area contributed by atoms with Gasteiger partial charge in [0.05, 0.1) is 0 Å². The van der Waals surface area contributed by atoms with Crippen molar-refractivity contribution in [2.24, 2.45) is 0 Å². The maximum atomic E-state index is 12.2. The number of aromatic amines is 1. The van der Waals surface area contributed by atoms with Gasteiger partial charge in [0.25, 0.3) is 5.91 Å². The summed E-state index contributed by atoms with van der Waals surface area (Å²) in [6.45, 7) is 1.55. The number of nitrogens with one attached hydrogen (secondary N) is 1. The van der Waals surface area contributed by atoms with Crippen LogP contribution in [0.2, 0.25) is 0 Å². The summed E-state index contributed by atoms with van der Waals surface area (Å²) in [4.78, 5) is 28.4. The molecule has 1 aromatic heterocycles. The van der Waals surface area contributed by atoms with E-state index in [1.54, 1.807) is 29.8 Å². The number of thioether (sulfide) groups is 1. The van der Waals surface area contributed by atoms with Gasteiger partial charge in [-0.2, -0.15) is 0 Å². The Balaban J connectivity index is 2.01. The van der Waals surface area contributed by atoms with Crippen molar-refractivity contribution < 1.29 is 9.59 Å². The second-order valence-electron chi connectivity index (χ2n) is 4.24. The number of fused-ring (bicyclic) bond motifs is 2. The van der Waals surface area contributed by atoms with E-state index in [1.807, 2.05) is 6.07 Å². The second kappa shape index (κ2) is 3.38. The van der Waals surface area contributed by atoms with Crippen LogP contribution in [-0.2, 0) is 11.2 Å². The monoisotopic (exact) mass is 236 g/mol. The Morgan fingerprint density at radius 2 is 2.44 bits per heavy atom. The first-order valence-electron chi connectivity index (χ1n) is 5.29. The fraction of sp³-hybridized carbons (Fsp3) is 0.455.